The average molecular weight is 446 g/mol. The van der Waals surface area contributed by atoms with Crippen molar-refractivity contribution in [2.75, 3.05) is 12.4 Å². The number of nitrogens with one attached hydrogen (secondary N) is 1. The number of hydrogen-bond acceptors (Lipinski definition) is 5. The normalized spacial score (nSPS) is 13.0. The highest BCUT2D eigenvalue weighted by atomic mass is 35.5. The number of hydrogen-bond donors (Lipinski definition) is 1. The molecule has 2 rings (SSSR count). The zero-order chi connectivity index (χ0) is 20.9. The van der Waals surface area contributed by atoms with Gasteiger partial charge in [0.2, 0.25) is 0 Å². The van der Waals surface area contributed by atoms with Gasteiger partial charge in [-0.15, -0.1) is 0 Å². The van der Waals surface area contributed by atoms with Crippen molar-refractivity contribution < 1.29 is 18.3 Å². The molecule has 0 aliphatic carbocycles. The van der Waals surface area contributed by atoms with E-state index in [4.69, 9.17) is 37.0 Å². The Morgan fingerprint density at radius 3 is 1.93 bits per heavy atom. The van der Waals surface area contributed by atoms with Crippen LogP contribution >= 0.6 is 30.8 Å². The van der Waals surface area contributed by atoms with Gasteiger partial charge in [0, 0.05) is 5.69 Å². The lowest BCUT2D eigenvalue weighted by Crippen LogP contribution is -2.19. The first-order valence-corrected chi connectivity index (χ1v) is 11.3. The van der Waals surface area contributed by atoms with Crippen LogP contribution in [-0.2, 0) is 13.6 Å². The van der Waals surface area contributed by atoms with Gasteiger partial charge in [-0.25, -0.2) is 0 Å². The van der Waals surface area contributed by atoms with Crippen LogP contribution in [0.5, 0.6) is 5.75 Å². The molecule has 0 spiro atoms. The van der Waals surface area contributed by atoms with Gasteiger partial charge in [-0.2, -0.15) is 0 Å². The van der Waals surface area contributed by atoms with E-state index in [9.17, 15) is 4.57 Å². The van der Waals surface area contributed by atoms with Crippen molar-refractivity contribution in [3.8, 4) is 5.75 Å². The Morgan fingerprint density at radius 1 is 0.893 bits per heavy atom. The number of methoxy groups -OCH3 is 1. The molecule has 28 heavy (non-hydrogen) atoms. The zero-order valence-corrected chi connectivity index (χ0v) is 19.0. The molecule has 0 bridgehead atoms. The molecule has 0 heterocycles. The van der Waals surface area contributed by atoms with E-state index in [0.717, 1.165) is 5.56 Å². The second-order valence-electron chi connectivity index (χ2n) is 6.80. The molecule has 1 atom stereocenters. The van der Waals surface area contributed by atoms with Gasteiger partial charge in [0.15, 0.2) is 5.78 Å². The van der Waals surface area contributed by atoms with Crippen molar-refractivity contribution >= 4 is 36.5 Å². The van der Waals surface area contributed by atoms with E-state index < -0.39 is 13.4 Å². The molecule has 8 heteroatoms. The Balaban J connectivity index is 2.51. The van der Waals surface area contributed by atoms with Gasteiger partial charge in [0.1, 0.15) is 5.75 Å². The molecule has 0 fully saturated rings. The fourth-order valence-corrected chi connectivity index (χ4v) is 5.22. The van der Waals surface area contributed by atoms with E-state index >= 15 is 0 Å². The Hall–Kier alpha value is -1.23. The second-order valence-corrected chi connectivity index (χ2v) is 9.63. The highest BCUT2D eigenvalue weighted by Crippen LogP contribution is 2.62. The summed E-state index contributed by atoms with van der Waals surface area (Å²) in [5.74, 6) is -0.0538. The molecule has 1 N–H and O–H groups in total. The van der Waals surface area contributed by atoms with E-state index in [1.54, 1.807) is 37.4 Å². The molecule has 0 aliphatic heterocycles. The van der Waals surface area contributed by atoms with Crippen molar-refractivity contribution in [1.82, 2.24) is 0 Å². The predicted molar refractivity (Wildman–Crippen MR) is 116 cm³/mol. The first-order valence-electron chi connectivity index (χ1n) is 8.96. The summed E-state index contributed by atoms with van der Waals surface area (Å²) in [6.07, 6.45) is -0.582. The van der Waals surface area contributed by atoms with Gasteiger partial charge >= 0.3 is 7.60 Å². The maximum Gasteiger partial charge on any atom is 0.357 e. The minimum Gasteiger partial charge on any atom is -0.497 e. The third kappa shape index (κ3) is 6.13. The standard InChI is InChI=1S/C20H26Cl2NO4P/c1-13(2)26-28(24,27-14(3)4)20(15-6-9-17(25-5)10-7-15)23-16-8-11-18(21)19(22)12-16/h6-14,20,23H,1-5H3. The predicted octanol–water partition coefficient (Wildman–Crippen LogP) is 7.16. The molecule has 154 valence electrons. The van der Waals surface area contributed by atoms with Crippen LogP contribution in [0.2, 0.25) is 10.0 Å². The smallest absolute Gasteiger partial charge is 0.357 e. The third-order valence-electron chi connectivity index (χ3n) is 3.69. The lowest BCUT2D eigenvalue weighted by Gasteiger charge is -2.31. The van der Waals surface area contributed by atoms with Crippen molar-refractivity contribution in [3.63, 3.8) is 0 Å². The summed E-state index contributed by atoms with van der Waals surface area (Å²) in [4.78, 5) is 0. The molecule has 2 aromatic carbocycles. The number of halogens is 2. The molecule has 5 nitrogen and oxygen atoms in total. The van der Waals surface area contributed by atoms with E-state index in [1.807, 2.05) is 39.8 Å². The van der Waals surface area contributed by atoms with Crippen molar-refractivity contribution in [3.05, 3.63) is 58.1 Å². The molecule has 0 radical (unpaired) electrons. The lowest BCUT2D eigenvalue weighted by molar-refractivity contribution is 0.138. The SMILES string of the molecule is COc1ccc(C(Nc2ccc(Cl)c(Cl)c2)P(=O)(OC(C)C)OC(C)C)cc1. The largest absolute Gasteiger partial charge is 0.497 e. The van der Waals surface area contributed by atoms with Crippen LogP contribution in [0, 0.1) is 0 Å². The van der Waals surface area contributed by atoms with Gasteiger partial charge in [0.25, 0.3) is 0 Å². The van der Waals surface area contributed by atoms with Crippen LogP contribution < -0.4 is 10.1 Å². The maximum absolute atomic E-state index is 13.8. The van der Waals surface area contributed by atoms with Crippen molar-refractivity contribution in [2.45, 2.75) is 45.7 Å². The van der Waals surface area contributed by atoms with E-state index in [-0.39, 0.29) is 12.2 Å². The Bertz CT molecular complexity index is 813. The summed E-state index contributed by atoms with van der Waals surface area (Å²) in [6.45, 7) is 7.28. The molecule has 1 unspecified atom stereocenters. The molecule has 2 aromatic rings. The summed E-state index contributed by atoms with van der Waals surface area (Å²) in [5.41, 5.74) is 1.38. The fourth-order valence-electron chi connectivity index (χ4n) is 2.61. The fraction of sp³-hybridized carbons (Fsp3) is 0.400. The molecule has 0 amide bonds. The van der Waals surface area contributed by atoms with Gasteiger partial charge < -0.3 is 19.1 Å². The number of benzene rings is 2. The molecule has 0 aliphatic rings. The van der Waals surface area contributed by atoms with Crippen LogP contribution in [0.25, 0.3) is 0 Å². The van der Waals surface area contributed by atoms with Gasteiger partial charge in [-0.1, -0.05) is 35.3 Å². The van der Waals surface area contributed by atoms with Crippen LogP contribution in [0.1, 0.15) is 39.0 Å². The summed E-state index contributed by atoms with van der Waals surface area (Å²) in [7, 11) is -2.02. The van der Waals surface area contributed by atoms with E-state index in [2.05, 4.69) is 5.32 Å². The number of ether oxygens (including phenoxy) is 1. The quantitative estimate of drug-likeness (QED) is 0.415. The second kappa shape index (κ2) is 10.00. The maximum atomic E-state index is 13.8. The zero-order valence-electron chi connectivity index (χ0n) is 16.6. The topological polar surface area (TPSA) is 56.8 Å². The average Bonchev–Trinajstić information content (AvgIpc) is 2.61. The Morgan fingerprint density at radius 2 is 1.46 bits per heavy atom. The minimum atomic E-state index is -3.61. The van der Waals surface area contributed by atoms with Crippen molar-refractivity contribution in [1.29, 1.82) is 0 Å². The van der Waals surface area contributed by atoms with Gasteiger partial charge in [0.05, 0.1) is 29.4 Å². The van der Waals surface area contributed by atoms with Gasteiger partial charge in [-0.05, 0) is 63.6 Å². The first kappa shape index (κ1) is 23.1. The highest BCUT2D eigenvalue weighted by molar-refractivity contribution is 7.54. The summed E-state index contributed by atoms with van der Waals surface area (Å²) in [6, 6.07) is 12.4. The van der Waals surface area contributed by atoms with Crippen LogP contribution in [0.3, 0.4) is 0 Å². The lowest BCUT2D eigenvalue weighted by atomic mass is 10.2. The first-order chi connectivity index (χ1) is 13.1. The van der Waals surface area contributed by atoms with Crippen LogP contribution in [0.4, 0.5) is 5.69 Å². The Labute approximate surface area is 176 Å². The monoisotopic (exact) mass is 445 g/mol. The van der Waals surface area contributed by atoms with Crippen LogP contribution in [0.15, 0.2) is 42.5 Å². The van der Waals surface area contributed by atoms with E-state index in [1.165, 1.54) is 0 Å². The molecule has 0 saturated carbocycles. The number of rotatable bonds is 9. The molecule has 0 saturated heterocycles. The van der Waals surface area contributed by atoms with Gasteiger partial charge in [-0.3, -0.25) is 4.57 Å². The summed E-state index contributed by atoms with van der Waals surface area (Å²) < 4.78 is 30.7. The third-order valence-corrected chi connectivity index (χ3v) is 6.92. The molecular formula is C20H26Cl2NO4P. The Kier molecular flexibility index (Phi) is 8.23. The summed E-state index contributed by atoms with van der Waals surface area (Å²) >= 11 is 12.2. The van der Waals surface area contributed by atoms with E-state index in [0.29, 0.717) is 21.5 Å². The molecular weight excluding hydrogens is 420 g/mol. The summed E-state index contributed by atoms with van der Waals surface area (Å²) in [5, 5.41) is 4.09. The minimum absolute atomic E-state index is 0.291. The van der Waals surface area contributed by atoms with Crippen LogP contribution in [-0.4, -0.2) is 19.3 Å². The highest BCUT2D eigenvalue weighted by Gasteiger charge is 2.39. The molecule has 0 aromatic heterocycles. The number of anilines is 1. The van der Waals surface area contributed by atoms with Crippen molar-refractivity contribution in [2.24, 2.45) is 0 Å².